The summed E-state index contributed by atoms with van der Waals surface area (Å²) in [4.78, 5) is 0. The molecule has 1 aliphatic heterocycles. The Kier molecular flexibility index (Phi) is 1.65. The highest BCUT2D eigenvalue weighted by Crippen LogP contribution is 2.46. The molecular formula is C10H22N+. The Morgan fingerprint density at radius 2 is 1.09 bits per heavy atom. The summed E-state index contributed by atoms with van der Waals surface area (Å²) in [6.45, 7) is 12.2. The van der Waals surface area contributed by atoms with Crippen LogP contribution < -0.4 is 0 Å². The number of hydrogen-bond acceptors (Lipinski definition) is 0. The first-order valence-corrected chi connectivity index (χ1v) is 4.48. The summed E-state index contributed by atoms with van der Waals surface area (Å²) in [5.41, 5.74) is 0.993. The fourth-order valence-electron chi connectivity index (χ4n) is 2.62. The van der Waals surface area contributed by atoms with E-state index in [1.165, 1.54) is 17.6 Å². The number of rotatable bonds is 0. The minimum Gasteiger partial charge on any atom is -0.328 e. The molecule has 1 aliphatic rings. The van der Waals surface area contributed by atoms with Crippen LogP contribution >= 0.6 is 0 Å². The maximum Gasteiger partial charge on any atom is 0.0841 e. The molecule has 0 spiro atoms. The third-order valence-corrected chi connectivity index (χ3v) is 3.48. The smallest absolute Gasteiger partial charge is 0.0841 e. The molecule has 1 saturated heterocycles. The van der Waals surface area contributed by atoms with Crippen molar-refractivity contribution in [3.63, 3.8) is 0 Å². The molecule has 0 aromatic rings. The highest BCUT2D eigenvalue weighted by atomic mass is 15.3. The van der Waals surface area contributed by atoms with Crippen LogP contribution in [0.25, 0.3) is 0 Å². The molecule has 1 rings (SSSR count). The van der Waals surface area contributed by atoms with Gasteiger partial charge in [-0.1, -0.05) is 27.7 Å². The molecular weight excluding hydrogens is 134 g/mol. The van der Waals surface area contributed by atoms with Gasteiger partial charge in [0.25, 0.3) is 0 Å². The predicted octanol–water partition coefficient (Wildman–Crippen LogP) is 2.13. The summed E-state index contributed by atoms with van der Waals surface area (Å²) in [5, 5.41) is 0. The van der Waals surface area contributed by atoms with E-state index < -0.39 is 0 Å². The molecule has 0 bridgehead atoms. The molecule has 0 aliphatic carbocycles. The zero-order chi connectivity index (χ0) is 8.91. The van der Waals surface area contributed by atoms with Gasteiger partial charge < -0.3 is 4.48 Å². The Hall–Kier alpha value is -0.0400. The average molecular weight is 156 g/mol. The molecule has 1 fully saturated rings. The average Bonchev–Trinajstić information content (AvgIpc) is 1.66. The maximum atomic E-state index is 2.39. The van der Waals surface area contributed by atoms with Gasteiger partial charge in [0, 0.05) is 10.8 Å². The van der Waals surface area contributed by atoms with Crippen molar-refractivity contribution in [3.8, 4) is 0 Å². The monoisotopic (exact) mass is 156 g/mol. The zero-order valence-electron chi connectivity index (χ0n) is 8.86. The van der Waals surface area contributed by atoms with Crippen LogP contribution in [0.15, 0.2) is 0 Å². The standard InChI is InChI=1S/C10H22N/c1-9(2)7-11(5,6)8-10(9,3)4/h7-8H2,1-6H3/q+1. The van der Waals surface area contributed by atoms with Crippen LogP contribution in [0.1, 0.15) is 27.7 Å². The number of nitrogens with zero attached hydrogens (tertiary/aromatic N) is 1. The molecule has 0 unspecified atom stereocenters. The summed E-state index contributed by atoms with van der Waals surface area (Å²) in [6, 6.07) is 0. The van der Waals surface area contributed by atoms with E-state index in [4.69, 9.17) is 0 Å². The van der Waals surface area contributed by atoms with E-state index in [0.717, 1.165) is 0 Å². The van der Waals surface area contributed by atoms with Gasteiger partial charge >= 0.3 is 0 Å². The predicted molar refractivity (Wildman–Crippen MR) is 49.4 cm³/mol. The normalized spacial score (nSPS) is 32.2. The largest absolute Gasteiger partial charge is 0.328 e. The highest BCUT2D eigenvalue weighted by molar-refractivity contribution is 4.90. The molecule has 0 N–H and O–H groups in total. The topological polar surface area (TPSA) is 0 Å². The van der Waals surface area contributed by atoms with E-state index in [-0.39, 0.29) is 0 Å². The van der Waals surface area contributed by atoms with Crippen LogP contribution in [-0.2, 0) is 0 Å². The van der Waals surface area contributed by atoms with Gasteiger partial charge in [-0.2, -0.15) is 0 Å². The summed E-state index contributed by atoms with van der Waals surface area (Å²) < 4.78 is 1.18. The summed E-state index contributed by atoms with van der Waals surface area (Å²) in [7, 11) is 4.66. The van der Waals surface area contributed by atoms with E-state index in [9.17, 15) is 0 Å². The van der Waals surface area contributed by atoms with Gasteiger partial charge in [0.2, 0.25) is 0 Å². The Labute approximate surface area is 71.0 Å². The van der Waals surface area contributed by atoms with Crippen molar-refractivity contribution in [3.05, 3.63) is 0 Å². The molecule has 0 saturated carbocycles. The second kappa shape index (κ2) is 2.01. The van der Waals surface area contributed by atoms with Crippen LogP contribution in [0.2, 0.25) is 0 Å². The Morgan fingerprint density at radius 1 is 0.818 bits per heavy atom. The maximum absolute atomic E-state index is 2.39. The fourth-order valence-corrected chi connectivity index (χ4v) is 2.62. The number of likely N-dealkylation sites (tertiary alicyclic amines) is 1. The van der Waals surface area contributed by atoms with Gasteiger partial charge in [-0.3, -0.25) is 0 Å². The van der Waals surface area contributed by atoms with E-state index >= 15 is 0 Å². The van der Waals surface area contributed by atoms with E-state index in [1.54, 1.807) is 0 Å². The second-order valence-corrected chi connectivity index (χ2v) is 6.02. The zero-order valence-corrected chi connectivity index (χ0v) is 8.86. The van der Waals surface area contributed by atoms with Crippen LogP contribution in [0.4, 0.5) is 0 Å². The number of quaternary nitrogens is 1. The van der Waals surface area contributed by atoms with Crippen molar-refractivity contribution in [2.75, 3.05) is 27.2 Å². The van der Waals surface area contributed by atoms with E-state index in [2.05, 4.69) is 41.8 Å². The molecule has 11 heavy (non-hydrogen) atoms. The van der Waals surface area contributed by atoms with Gasteiger partial charge in [0.05, 0.1) is 27.2 Å². The Balaban J connectivity index is 2.89. The lowest BCUT2D eigenvalue weighted by atomic mass is 9.71. The molecule has 1 heteroatoms. The van der Waals surface area contributed by atoms with Crippen molar-refractivity contribution in [1.29, 1.82) is 0 Å². The number of hydrogen-bond donors (Lipinski definition) is 0. The minimum absolute atomic E-state index is 0.497. The molecule has 1 heterocycles. The third kappa shape index (κ3) is 1.44. The molecule has 0 amide bonds. The van der Waals surface area contributed by atoms with Crippen molar-refractivity contribution in [1.82, 2.24) is 0 Å². The van der Waals surface area contributed by atoms with Crippen LogP contribution in [-0.4, -0.2) is 31.7 Å². The lowest BCUT2D eigenvalue weighted by Gasteiger charge is -2.29. The van der Waals surface area contributed by atoms with Crippen LogP contribution in [0, 0.1) is 10.8 Å². The van der Waals surface area contributed by atoms with Gasteiger partial charge in [-0.15, -0.1) is 0 Å². The SMILES string of the molecule is CC1(C)C[N+](C)(C)CC1(C)C. The van der Waals surface area contributed by atoms with Gasteiger partial charge in [-0.25, -0.2) is 0 Å². The fraction of sp³-hybridized carbons (Fsp3) is 1.00. The molecule has 66 valence electrons. The molecule has 0 aromatic heterocycles. The first-order chi connectivity index (χ1) is 4.66. The van der Waals surface area contributed by atoms with E-state index in [0.29, 0.717) is 10.8 Å². The first-order valence-electron chi connectivity index (χ1n) is 4.48. The second-order valence-electron chi connectivity index (χ2n) is 6.02. The molecule has 0 atom stereocenters. The van der Waals surface area contributed by atoms with Gasteiger partial charge in [0.15, 0.2) is 0 Å². The van der Waals surface area contributed by atoms with Crippen molar-refractivity contribution < 1.29 is 4.48 Å². The third-order valence-electron chi connectivity index (χ3n) is 3.48. The lowest BCUT2D eigenvalue weighted by Crippen LogP contribution is -2.38. The molecule has 1 nitrogen and oxygen atoms in total. The quantitative estimate of drug-likeness (QED) is 0.471. The summed E-state index contributed by atoms with van der Waals surface area (Å²) >= 11 is 0. The Bertz CT molecular complexity index is 148. The lowest BCUT2D eigenvalue weighted by molar-refractivity contribution is -0.883. The summed E-state index contributed by atoms with van der Waals surface area (Å²) in [5.74, 6) is 0. The van der Waals surface area contributed by atoms with Crippen molar-refractivity contribution in [2.45, 2.75) is 27.7 Å². The Morgan fingerprint density at radius 3 is 1.18 bits per heavy atom. The molecule has 0 radical (unpaired) electrons. The van der Waals surface area contributed by atoms with Crippen molar-refractivity contribution >= 4 is 0 Å². The van der Waals surface area contributed by atoms with Crippen molar-refractivity contribution in [2.24, 2.45) is 10.8 Å². The summed E-state index contributed by atoms with van der Waals surface area (Å²) in [6.07, 6.45) is 0. The van der Waals surface area contributed by atoms with E-state index in [1.807, 2.05) is 0 Å². The van der Waals surface area contributed by atoms with Gasteiger partial charge in [-0.05, 0) is 0 Å². The first kappa shape index (κ1) is 9.05. The molecule has 0 aromatic carbocycles. The van der Waals surface area contributed by atoms with Gasteiger partial charge in [0.1, 0.15) is 0 Å². The minimum atomic E-state index is 0.497. The highest BCUT2D eigenvalue weighted by Gasteiger charge is 2.51. The van der Waals surface area contributed by atoms with Crippen LogP contribution in [0.3, 0.4) is 0 Å². The van der Waals surface area contributed by atoms with Crippen LogP contribution in [0.5, 0.6) is 0 Å².